The fourth-order valence-electron chi connectivity index (χ4n) is 4.72. The number of hydrogen-bond acceptors (Lipinski definition) is 5. The maximum absolute atomic E-state index is 15.0. The molecule has 0 aliphatic carbocycles. The average molecular weight is 496 g/mol. The van der Waals surface area contributed by atoms with Crippen LogP contribution in [0.5, 0.6) is 5.75 Å². The fourth-order valence-corrected chi connectivity index (χ4v) is 4.72. The molecule has 37 heavy (non-hydrogen) atoms. The van der Waals surface area contributed by atoms with Crippen molar-refractivity contribution in [2.45, 2.75) is 6.42 Å². The summed E-state index contributed by atoms with van der Waals surface area (Å²) in [5.41, 5.74) is 4.81. The molecular weight excluding hydrogens is 469 g/mol. The number of benzene rings is 2. The molecule has 5 aromatic rings. The summed E-state index contributed by atoms with van der Waals surface area (Å²) in [5.74, 6) is 0.199. The molecule has 1 fully saturated rings. The summed E-state index contributed by atoms with van der Waals surface area (Å²) in [6.45, 7) is 3.01. The lowest BCUT2D eigenvalue weighted by atomic mass is 10.1. The molecule has 1 saturated heterocycles. The molecule has 1 amide bonds. The lowest BCUT2D eigenvalue weighted by Crippen LogP contribution is -2.47. The second-order valence-electron chi connectivity index (χ2n) is 9.17. The van der Waals surface area contributed by atoms with E-state index in [0.717, 1.165) is 46.4 Å². The summed E-state index contributed by atoms with van der Waals surface area (Å²) >= 11 is 0. The third kappa shape index (κ3) is 4.88. The predicted molar refractivity (Wildman–Crippen MR) is 140 cm³/mol. The summed E-state index contributed by atoms with van der Waals surface area (Å²) in [6.07, 6.45) is 6.03. The normalized spacial score (nSPS) is 13.8. The van der Waals surface area contributed by atoms with Crippen LogP contribution in [0.2, 0.25) is 0 Å². The Balaban J connectivity index is 1.20. The van der Waals surface area contributed by atoms with Crippen molar-refractivity contribution in [2.24, 2.45) is 0 Å². The zero-order chi connectivity index (χ0) is 25.2. The number of ether oxygens (including phenoxy) is 1. The van der Waals surface area contributed by atoms with Crippen LogP contribution in [0.15, 0.2) is 79.3 Å². The van der Waals surface area contributed by atoms with Crippen molar-refractivity contribution >= 4 is 22.5 Å². The van der Waals surface area contributed by atoms with Crippen LogP contribution in [0.1, 0.15) is 11.3 Å². The maximum atomic E-state index is 15.0. The van der Waals surface area contributed by atoms with E-state index in [-0.39, 0.29) is 18.3 Å². The molecule has 0 unspecified atom stereocenters. The molecule has 8 heteroatoms. The van der Waals surface area contributed by atoms with Crippen molar-refractivity contribution < 1.29 is 13.9 Å². The summed E-state index contributed by atoms with van der Waals surface area (Å²) in [4.78, 5) is 22.8. The minimum Gasteiger partial charge on any atom is -0.484 e. The lowest BCUT2D eigenvalue weighted by molar-refractivity contribution is -0.133. The molecular formula is C29H26FN5O2. The number of fused-ring (bicyclic) bond motifs is 2. The summed E-state index contributed by atoms with van der Waals surface area (Å²) in [7, 11) is 0. The molecule has 0 saturated carbocycles. The van der Waals surface area contributed by atoms with Crippen LogP contribution in [-0.4, -0.2) is 58.0 Å². The molecule has 1 aliphatic heterocycles. The Labute approximate surface area is 213 Å². The second-order valence-corrected chi connectivity index (χ2v) is 9.17. The van der Waals surface area contributed by atoms with E-state index in [1.807, 2.05) is 47.0 Å². The van der Waals surface area contributed by atoms with Crippen molar-refractivity contribution in [1.82, 2.24) is 24.6 Å². The molecule has 0 spiro atoms. The first kappa shape index (κ1) is 23.1. The summed E-state index contributed by atoms with van der Waals surface area (Å²) < 4.78 is 22.5. The predicted octanol–water partition coefficient (Wildman–Crippen LogP) is 4.09. The maximum Gasteiger partial charge on any atom is 0.260 e. The Morgan fingerprint density at radius 1 is 1.00 bits per heavy atom. The van der Waals surface area contributed by atoms with Gasteiger partial charge in [-0.1, -0.05) is 24.3 Å². The zero-order valence-corrected chi connectivity index (χ0v) is 20.2. The second kappa shape index (κ2) is 9.99. The van der Waals surface area contributed by atoms with Crippen LogP contribution >= 0.6 is 0 Å². The highest BCUT2D eigenvalue weighted by molar-refractivity contribution is 5.79. The molecule has 6 rings (SSSR count). The number of pyridine rings is 2. The van der Waals surface area contributed by atoms with Gasteiger partial charge < -0.3 is 19.4 Å². The summed E-state index contributed by atoms with van der Waals surface area (Å²) in [6, 6.07) is 19.0. The van der Waals surface area contributed by atoms with Crippen molar-refractivity contribution in [1.29, 1.82) is 0 Å². The average Bonchev–Trinajstić information content (AvgIpc) is 3.35. The number of carbonyl (C=O) groups excluding carboxylic acids is 1. The Morgan fingerprint density at radius 2 is 1.84 bits per heavy atom. The van der Waals surface area contributed by atoms with Crippen LogP contribution < -0.4 is 10.1 Å². The SMILES string of the molecule is O=C(COc1ccc(-c2cc(F)c3ncc(Cc4ccc5ncccc5c4)n3c2)cc1)N1CCNCC1. The van der Waals surface area contributed by atoms with E-state index in [4.69, 9.17) is 4.74 Å². The molecule has 0 bridgehead atoms. The van der Waals surface area contributed by atoms with Crippen molar-refractivity contribution in [3.63, 3.8) is 0 Å². The van der Waals surface area contributed by atoms with Gasteiger partial charge in [0.25, 0.3) is 5.91 Å². The fraction of sp³-hybridized carbons (Fsp3) is 0.207. The quantitative estimate of drug-likeness (QED) is 0.384. The van der Waals surface area contributed by atoms with Gasteiger partial charge in [-0.25, -0.2) is 9.37 Å². The van der Waals surface area contributed by atoms with Crippen LogP contribution in [0.4, 0.5) is 4.39 Å². The van der Waals surface area contributed by atoms with Crippen LogP contribution in [-0.2, 0) is 11.2 Å². The summed E-state index contributed by atoms with van der Waals surface area (Å²) in [5, 5.41) is 4.30. The zero-order valence-electron chi connectivity index (χ0n) is 20.2. The number of halogens is 1. The lowest BCUT2D eigenvalue weighted by Gasteiger charge is -2.27. The van der Waals surface area contributed by atoms with E-state index < -0.39 is 0 Å². The smallest absolute Gasteiger partial charge is 0.260 e. The third-order valence-corrected chi connectivity index (χ3v) is 6.71. The van der Waals surface area contributed by atoms with E-state index in [0.29, 0.717) is 30.9 Å². The molecule has 1 N–H and O–H groups in total. The molecule has 0 radical (unpaired) electrons. The van der Waals surface area contributed by atoms with Crippen LogP contribution in [0, 0.1) is 5.82 Å². The standard InChI is InChI=1S/C29H26FN5O2/c30-26-16-23(21-4-6-25(7-5-21)37-19-28(36)34-12-10-31-11-13-34)18-35-24(17-33-29(26)35)15-20-3-8-27-22(14-20)2-1-9-32-27/h1-9,14,16-18,31H,10-13,15,19H2. The minimum atomic E-state index is -0.381. The van der Waals surface area contributed by atoms with E-state index in [1.165, 1.54) is 6.07 Å². The molecule has 1 aliphatic rings. The van der Waals surface area contributed by atoms with Gasteiger partial charge in [0.1, 0.15) is 5.75 Å². The van der Waals surface area contributed by atoms with Gasteiger partial charge in [-0.3, -0.25) is 9.78 Å². The van der Waals surface area contributed by atoms with E-state index in [9.17, 15) is 9.18 Å². The number of nitrogens with one attached hydrogen (secondary N) is 1. The van der Waals surface area contributed by atoms with Crippen molar-refractivity contribution in [2.75, 3.05) is 32.8 Å². The van der Waals surface area contributed by atoms with Crippen LogP contribution in [0.25, 0.3) is 27.7 Å². The highest BCUT2D eigenvalue weighted by atomic mass is 19.1. The Hall–Kier alpha value is -4.30. The van der Waals surface area contributed by atoms with Gasteiger partial charge in [-0.05, 0) is 47.5 Å². The van der Waals surface area contributed by atoms with Gasteiger partial charge in [0, 0.05) is 67.8 Å². The highest BCUT2D eigenvalue weighted by Crippen LogP contribution is 2.26. The van der Waals surface area contributed by atoms with Crippen molar-refractivity contribution in [3.05, 3.63) is 96.3 Å². The number of amides is 1. The number of piperazine rings is 1. The van der Waals surface area contributed by atoms with Crippen LogP contribution in [0.3, 0.4) is 0 Å². The molecule has 3 aromatic heterocycles. The number of rotatable bonds is 6. The topological polar surface area (TPSA) is 71.8 Å². The Morgan fingerprint density at radius 3 is 2.68 bits per heavy atom. The van der Waals surface area contributed by atoms with Crippen molar-refractivity contribution in [3.8, 4) is 16.9 Å². The van der Waals surface area contributed by atoms with Gasteiger partial charge in [0.2, 0.25) is 0 Å². The third-order valence-electron chi connectivity index (χ3n) is 6.71. The van der Waals surface area contributed by atoms with E-state index in [1.54, 1.807) is 29.4 Å². The molecule has 0 atom stereocenters. The van der Waals surface area contributed by atoms with Gasteiger partial charge in [0.15, 0.2) is 18.1 Å². The molecule has 2 aromatic carbocycles. The minimum absolute atomic E-state index is 0.00314. The number of carbonyl (C=O) groups is 1. The first-order chi connectivity index (χ1) is 18.1. The van der Waals surface area contributed by atoms with Gasteiger partial charge in [-0.15, -0.1) is 0 Å². The van der Waals surface area contributed by atoms with Gasteiger partial charge >= 0.3 is 0 Å². The first-order valence-corrected chi connectivity index (χ1v) is 12.3. The first-order valence-electron chi connectivity index (χ1n) is 12.3. The molecule has 186 valence electrons. The number of aromatic nitrogens is 3. The monoisotopic (exact) mass is 495 g/mol. The van der Waals surface area contributed by atoms with E-state index >= 15 is 0 Å². The Bertz CT molecular complexity index is 1580. The van der Waals surface area contributed by atoms with Gasteiger partial charge in [0.05, 0.1) is 5.52 Å². The van der Waals surface area contributed by atoms with E-state index in [2.05, 4.69) is 21.4 Å². The number of imidazole rings is 1. The number of nitrogens with zero attached hydrogens (tertiary/aromatic N) is 4. The Kier molecular flexibility index (Phi) is 6.24. The number of hydrogen-bond donors (Lipinski definition) is 1. The molecule has 7 nitrogen and oxygen atoms in total. The van der Waals surface area contributed by atoms with Gasteiger partial charge in [-0.2, -0.15) is 0 Å². The largest absolute Gasteiger partial charge is 0.484 e. The highest BCUT2D eigenvalue weighted by Gasteiger charge is 2.17. The molecule has 4 heterocycles.